The molecule has 0 bridgehead atoms. The fraction of sp³-hybridized carbons (Fsp3) is 0.250. The molecule has 0 aliphatic rings. The maximum Gasteiger partial charge on any atom is 0.248 e. The van der Waals surface area contributed by atoms with Gasteiger partial charge in [0.05, 0.1) is 17.6 Å². The Kier molecular flexibility index (Phi) is 3.86. The van der Waals surface area contributed by atoms with Crippen LogP contribution in [-0.2, 0) is 17.9 Å². The van der Waals surface area contributed by atoms with Gasteiger partial charge in [-0.2, -0.15) is 0 Å². The third kappa shape index (κ3) is 2.94. The molecule has 1 amide bonds. The van der Waals surface area contributed by atoms with E-state index >= 15 is 0 Å². The molecule has 2 aromatic rings. The minimum absolute atomic E-state index is 0.0160. The van der Waals surface area contributed by atoms with E-state index in [2.05, 4.69) is 10.3 Å². The molecule has 100 valence electrons. The van der Waals surface area contributed by atoms with E-state index in [9.17, 15) is 9.18 Å². The number of amides is 1. The third-order valence-corrected chi connectivity index (χ3v) is 2.68. The van der Waals surface area contributed by atoms with Crippen LogP contribution in [0.25, 0.3) is 0 Å². The normalized spacial score (nSPS) is 10.5. The monoisotopic (exact) mass is 263 g/mol. The highest BCUT2D eigenvalue weighted by Gasteiger charge is 2.15. The van der Waals surface area contributed by atoms with E-state index in [1.54, 1.807) is 24.4 Å². The molecule has 0 unspecified atom stereocenters. The van der Waals surface area contributed by atoms with Gasteiger partial charge in [0.15, 0.2) is 0 Å². The number of carbonyl (C=O) groups is 1. The molecule has 0 aliphatic heterocycles. The molecule has 1 heterocycles. The Morgan fingerprint density at radius 1 is 1.47 bits per heavy atom. The second-order valence-corrected chi connectivity index (χ2v) is 4.02. The molecule has 7 heteroatoms. The average Bonchev–Trinajstić information content (AvgIpc) is 2.86. The number of hydrogen-bond donors (Lipinski definition) is 1. The fourth-order valence-electron chi connectivity index (χ4n) is 1.61. The third-order valence-electron chi connectivity index (χ3n) is 2.68. The fourth-order valence-corrected chi connectivity index (χ4v) is 1.61. The molecular weight excluding hydrogens is 249 g/mol. The summed E-state index contributed by atoms with van der Waals surface area (Å²) < 4.78 is 14.9. The highest BCUT2D eigenvalue weighted by Crippen LogP contribution is 2.17. The van der Waals surface area contributed by atoms with Crippen molar-refractivity contribution in [2.75, 3.05) is 11.9 Å². The van der Waals surface area contributed by atoms with Crippen molar-refractivity contribution in [3.8, 4) is 0 Å². The van der Waals surface area contributed by atoms with Crippen LogP contribution in [0.5, 0.6) is 0 Å². The van der Waals surface area contributed by atoms with Crippen LogP contribution in [0.15, 0.2) is 30.5 Å². The minimum atomic E-state index is -0.445. The first-order chi connectivity index (χ1) is 9.11. The Morgan fingerprint density at radius 2 is 2.21 bits per heavy atom. The number of benzene rings is 1. The van der Waals surface area contributed by atoms with Crippen LogP contribution in [0.4, 0.5) is 10.1 Å². The molecule has 19 heavy (non-hydrogen) atoms. The van der Waals surface area contributed by atoms with Gasteiger partial charge in [0.2, 0.25) is 5.91 Å². The van der Waals surface area contributed by atoms with Gasteiger partial charge in [-0.3, -0.25) is 4.79 Å². The van der Waals surface area contributed by atoms with Crippen molar-refractivity contribution in [2.24, 2.45) is 5.73 Å². The van der Waals surface area contributed by atoms with E-state index in [-0.39, 0.29) is 24.7 Å². The Balaban J connectivity index is 2.09. The van der Waals surface area contributed by atoms with Crippen LogP contribution in [-0.4, -0.2) is 27.9 Å². The molecule has 0 saturated carbocycles. The summed E-state index contributed by atoms with van der Waals surface area (Å²) in [5, 5.41) is 7.55. The van der Waals surface area contributed by atoms with Crippen LogP contribution in [0.2, 0.25) is 0 Å². The molecule has 2 N–H and O–H groups in total. The molecule has 0 spiro atoms. The van der Waals surface area contributed by atoms with Gasteiger partial charge in [0, 0.05) is 13.6 Å². The summed E-state index contributed by atoms with van der Waals surface area (Å²) in [6.45, 7) is 0.245. The lowest BCUT2D eigenvalue weighted by Crippen LogP contribution is -2.30. The average molecular weight is 263 g/mol. The quantitative estimate of drug-likeness (QED) is 0.873. The van der Waals surface area contributed by atoms with Crippen molar-refractivity contribution in [2.45, 2.75) is 13.1 Å². The van der Waals surface area contributed by atoms with Gasteiger partial charge in [-0.15, -0.1) is 5.10 Å². The number of rotatable bonds is 4. The minimum Gasteiger partial charge on any atom is -0.325 e. The molecule has 6 nitrogen and oxygen atoms in total. The van der Waals surface area contributed by atoms with E-state index in [0.29, 0.717) is 5.69 Å². The van der Waals surface area contributed by atoms with Gasteiger partial charge in [0.25, 0.3) is 0 Å². The topological polar surface area (TPSA) is 77.0 Å². The van der Waals surface area contributed by atoms with Crippen molar-refractivity contribution in [1.29, 1.82) is 0 Å². The van der Waals surface area contributed by atoms with E-state index in [1.807, 2.05) is 0 Å². The number of nitrogens with zero attached hydrogens (tertiary/aromatic N) is 4. The summed E-state index contributed by atoms with van der Waals surface area (Å²) in [6.07, 6.45) is 1.59. The number of likely N-dealkylation sites (N-methyl/N-ethyl adjacent to an activating group) is 1. The summed E-state index contributed by atoms with van der Waals surface area (Å²) in [7, 11) is 1.52. The Hall–Kier alpha value is -2.28. The molecule has 0 aliphatic carbocycles. The van der Waals surface area contributed by atoms with Crippen LogP contribution in [0, 0.1) is 5.82 Å². The summed E-state index contributed by atoms with van der Waals surface area (Å²) in [5.74, 6) is -0.738. The zero-order chi connectivity index (χ0) is 13.8. The van der Waals surface area contributed by atoms with Crippen LogP contribution < -0.4 is 10.6 Å². The van der Waals surface area contributed by atoms with Crippen LogP contribution in [0.3, 0.4) is 0 Å². The van der Waals surface area contributed by atoms with E-state index in [1.165, 1.54) is 22.7 Å². The lowest BCUT2D eigenvalue weighted by molar-refractivity contribution is -0.119. The largest absolute Gasteiger partial charge is 0.325 e. The molecule has 0 fully saturated rings. The molecular formula is C12H14FN5O. The second-order valence-electron chi connectivity index (χ2n) is 4.02. The van der Waals surface area contributed by atoms with Crippen molar-refractivity contribution in [1.82, 2.24) is 15.0 Å². The number of carbonyl (C=O) groups excluding carboxylic acids is 1. The summed E-state index contributed by atoms with van der Waals surface area (Å²) in [6, 6.07) is 6.09. The molecule has 0 radical (unpaired) electrons. The highest BCUT2D eigenvalue weighted by atomic mass is 19.1. The number of aromatic nitrogens is 3. The van der Waals surface area contributed by atoms with Crippen molar-refractivity contribution >= 4 is 11.6 Å². The van der Waals surface area contributed by atoms with Crippen LogP contribution in [0.1, 0.15) is 5.69 Å². The maximum atomic E-state index is 13.6. The number of anilines is 1. The Morgan fingerprint density at radius 3 is 2.84 bits per heavy atom. The van der Waals surface area contributed by atoms with E-state index in [0.717, 1.165) is 0 Å². The summed E-state index contributed by atoms with van der Waals surface area (Å²) in [4.78, 5) is 13.3. The summed E-state index contributed by atoms with van der Waals surface area (Å²) in [5.41, 5.74) is 6.23. The van der Waals surface area contributed by atoms with Gasteiger partial charge in [-0.05, 0) is 12.1 Å². The predicted molar refractivity (Wildman–Crippen MR) is 67.7 cm³/mol. The highest BCUT2D eigenvalue weighted by molar-refractivity contribution is 5.92. The van der Waals surface area contributed by atoms with E-state index in [4.69, 9.17) is 5.73 Å². The number of nitrogens with two attached hydrogens (primary N) is 1. The van der Waals surface area contributed by atoms with Gasteiger partial charge < -0.3 is 10.6 Å². The molecule has 1 aromatic heterocycles. The molecule has 2 rings (SSSR count). The van der Waals surface area contributed by atoms with Gasteiger partial charge >= 0.3 is 0 Å². The smallest absolute Gasteiger partial charge is 0.248 e. The van der Waals surface area contributed by atoms with Crippen molar-refractivity contribution in [3.63, 3.8) is 0 Å². The number of halogens is 1. The van der Waals surface area contributed by atoms with Crippen LogP contribution >= 0.6 is 0 Å². The first-order valence-corrected chi connectivity index (χ1v) is 5.72. The predicted octanol–water partition coefficient (Wildman–Crippen LogP) is 0.539. The van der Waals surface area contributed by atoms with Crippen molar-refractivity contribution < 1.29 is 9.18 Å². The first-order valence-electron chi connectivity index (χ1n) is 5.72. The first kappa shape index (κ1) is 13.2. The SMILES string of the molecule is CN(C(=O)Cn1cc(CN)nn1)c1ccccc1F. The Labute approximate surface area is 109 Å². The summed E-state index contributed by atoms with van der Waals surface area (Å²) >= 11 is 0. The van der Waals surface area contributed by atoms with Gasteiger partial charge in [-0.1, -0.05) is 17.3 Å². The zero-order valence-electron chi connectivity index (χ0n) is 10.5. The standard InChI is InChI=1S/C12H14FN5O/c1-17(11-5-3-2-4-10(11)13)12(19)8-18-7-9(6-14)15-16-18/h2-5,7H,6,8,14H2,1H3. The van der Waals surface area contributed by atoms with E-state index < -0.39 is 5.82 Å². The zero-order valence-corrected chi connectivity index (χ0v) is 10.5. The molecule has 1 aromatic carbocycles. The second kappa shape index (κ2) is 5.57. The lowest BCUT2D eigenvalue weighted by atomic mass is 10.3. The van der Waals surface area contributed by atoms with Gasteiger partial charge in [0.1, 0.15) is 12.4 Å². The maximum absolute atomic E-state index is 13.6. The molecule has 0 saturated heterocycles. The lowest BCUT2D eigenvalue weighted by Gasteiger charge is -2.17. The number of hydrogen-bond acceptors (Lipinski definition) is 4. The molecule has 0 atom stereocenters. The number of para-hydroxylation sites is 1. The van der Waals surface area contributed by atoms with Crippen molar-refractivity contribution in [3.05, 3.63) is 42.0 Å². The Bertz CT molecular complexity index is 583. The van der Waals surface area contributed by atoms with Gasteiger partial charge in [-0.25, -0.2) is 9.07 Å².